The number of alkyl halides is 3. The number of hydrogen-bond donors (Lipinski definition) is 1. The van der Waals surface area contributed by atoms with E-state index in [0.717, 1.165) is 11.4 Å². The fourth-order valence-electron chi connectivity index (χ4n) is 3.24. The first kappa shape index (κ1) is 21.6. The summed E-state index contributed by atoms with van der Waals surface area (Å²) in [6, 6.07) is 13.8. The van der Waals surface area contributed by atoms with Crippen molar-refractivity contribution in [2.45, 2.75) is 12.7 Å². The third-order valence-corrected chi connectivity index (χ3v) is 4.74. The molecule has 0 spiro atoms. The number of carbonyl (C=O) groups is 1. The number of urea groups is 1. The van der Waals surface area contributed by atoms with Crippen LogP contribution in [-0.2, 0) is 6.54 Å². The number of hydrogen-bond acceptors (Lipinski definition) is 4. The Labute approximate surface area is 173 Å². The van der Waals surface area contributed by atoms with E-state index in [1.165, 1.54) is 12.1 Å². The van der Waals surface area contributed by atoms with E-state index in [9.17, 15) is 18.0 Å². The van der Waals surface area contributed by atoms with Crippen LogP contribution in [0.4, 0.5) is 23.7 Å². The highest BCUT2D eigenvalue weighted by Gasteiger charge is 2.28. The highest BCUT2D eigenvalue weighted by Crippen LogP contribution is 2.28. The molecule has 0 atom stereocenters. The van der Waals surface area contributed by atoms with Gasteiger partial charge in [0.15, 0.2) is 6.61 Å². The molecular formula is C21H24F3N3O3. The number of anilines is 1. The first-order valence-electron chi connectivity index (χ1n) is 9.55. The van der Waals surface area contributed by atoms with E-state index < -0.39 is 12.8 Å². The molecule has 1 aliphatic heterocycles. The second-order valence-corrected chi connectivity index (χ2v) is 6.86. The first-order valence-corrected chi connectivity index (χ1v) is 9.55. The van der Waals surface area contributed by atoms with Gasteiger partial charge in [0.05, 0.1) is 12.8 Å². The van der Waals surface area contributed by atoms with Crippen LogP contribution in [0.1, 0.15) is 5.56 Å². The number of benzene rings is 2. The second-order valence-electron chi connectivity index (χ2n) is 6.86. The van der Waals surface area contributed by atoms with Crippen LogP contribution in [0.15, 0.2) is 48.5 Å². The summed E-state index contributed by atoms with van der Waals surface area (Å²) in [5, 5.41) is 2.81. The van der Waals surface area contributed by atoms with Crippen LogP contribution >= 0.6 is 0 Å². The molecule has 6 nitrogen and oxygen atoms in total. The summed E-state index contributed by atoms with van der Waals surface area (Å²) in [7, 11) is 1.63. The highest BCUT2D eigenvalue weighted by atomic mass is 19.4. The van der Waals surface area contributed by atoms with Crippen molar-refractivity contribution < 1.29 is 27.4 Å². The van der Waals surface area contributed by atoms with Crippen molar-refractivity contribution >= 4 is 11.7 Å². The second kappa shape index (κ2) is 9.60. The number of methoxy groups -OCH3 is 1. The van der Waals surface area contributed by atoms with Crippen LogP contribution in [0.5, 0.6) is 11.5 Å². The van der Waals surface area contributed by atoms with Crippen molar-refractivity contribution in [2.75, 3.05) is 44.8 Å². The highest BCUT2D eigenvalue weighted by molar-refractivity contribution is 5.74. The van der Waals surface area contributed by atoms with E-state index in [1.54, 1.807) is 24.1 Å². The number of nitrogens with zero attached hydrogens (tertiary/aromatic N) is 2. The van der Waals surface area contributed by atoms with Gasteiger partial charge >= 0.3 is 12.2 Å². The van der Waals surface area contributed by atoms with E-state index in [0.29, 0.717) is 31.7 Å². The predicted octanol–water partition coefficient (Wildman–Crippen LogP) is 3.67. The quantitative estimate of drug-likeness (QED) is 0.771. The van der Waals surface area contributed by atoms with Gasteiger partial charge in [0.1, 0.15) is 11.5 Å². The van der Waals surface area contributed by atoms with Gasteiger partial charge in [-0.2, -0.15) is 13.2 Å². The number of ether oxygens (including phenoxy) is 2. The van der Waals surface area contributed by atoms with Gasteiger partial charge in [-0.1, -0.05) is 24.3 Å². The van der Waals surface area contributed by atoms with E-state index in [4.69, 9.17) is 9.47 Å². The fraction of sp³-hybridized carbons (Fsp3) is 0.381. The minimum Gasteiger partial charge on any atom is -0.495 e. The third-order valence-electron chi connectivity index (χ3n) is 4.74. The Bertz CT molecular complexity index is 853. The van der Waals surface area contributed by atoms with Gasteiger partial charge in [0.25, 0.3) is 0 Å². The molecule has 1 N–H and O–H groups in total. The number of halogens is 3. The molecule has 2 aromatic rings. The van der Waals surface area contributed by atoms with E-state index in [2.05, 4.69) is 10.2 Å². The summed E-state index contributed by atoms with van der Waals surface area (Å²) in [6.45, 7) is 1.31. The summed E-state index contributed by atoms with van der Waals surface area (Å²) < 4.78 is 47.0. The number of amides is 2. The minimum atomic E-state index is -4.39. The van der Waals surface area contributed by atoms with Gasteiger partial charge in [-0.3, -0.25) is 0 Å². The maximum Gasteiger partial charge on any atom is 0.422 e. The van der Waals surface area contributed by atoms with Gasteiger partial charge in [-0.25, -0.2) is 4.79 Å². The van der Waals surface area contributed by atoms with Crippen LogP contribution in [0.3, 0.4) is 0 Å². The molecule has 0 unspecified atom stereocenters. The minimum absolute atomic E-state index is 0.115. The summed E-state index contributed by atoms with van der Waals surface area (Å²) in [6.07, 6.45) is -4.39. The maximum absolute atomic E-state index is 12.5. The molecule has 1 saturated heterocycles. The summed E-state index contributed by atoms with van der Waals surface area (Å²) >= 11 is 0. The van der Waals surface area contributed by atoms with E-state index in [-0.39, 0.29) is 18.3 Å². The van der Waals surface area contributed by atoms with Crippen LogP contribution in [-0.4, -0.2) is 57.0 Å². The topological polar surface area (TPSA) is 54.0 Å². The van der Waals surface area contributed by atoms with Crippen LogP contribution in [0.2, 0.25) is 0 Å². The zero-order valence-corrected chi connectivity index (χ0v) is 16.6. The Morgan fingerprint density at radius 2 is 1.80 bits per heavy atom. The molecule has 0 aromatic heterocycles. The van der Waals surface area contributed by atoms with Gasteiger partial charge in [0.2, 0.25) is 0 Å². The molecule has 1 fully saturated rings. The average molecular weight is 423 g/mol. The lowest BCUT2D eigenvalue weighted by atomic mass is 10.2. The Hall–Kier alpha value is -3.10. The Morgan fingerprint density at radius 1 is 1.07 bits per heavy atom. The third kappa shape index (κ3) is 5.95. The smallest absolute Gasteiger partial charge is 0.422 e. The molecule has 0 saturated carbocycles. The van der Waals surface area contributed by atoms with Gasteiger partial charge in [0, 0.05) is 32.7 Å². The van der Waals surface area contributed by atoms with E-state index >= 15 is 0 Å². The Kier molecular flexibility index (Phi) is 6.91. The molecule has 1 heterocycles. The molecule has 3 rings (SSSR count). The molecule has 0 radical (unpaired) electrons. The summed E-state index contributed by atoms with van der Waals surface area (Å²) in [5.41, 5.74) is 1.66. The maximum atomic E-state index is 12.5. The monoisotopic (exact) mass is 423 g/mol. The average Bonchev–Trinajstić information content (AvgIpc) is 2.76. The van der Waals surface area contributed by atoms with Crippen molar-refractivity contribution in [3.05, 3.63) is 54.1 Å². The molecule has 2 amide bonds. The Balaban J connectivity index is 1.48. The molecule has 9 heteroatoms. The molecule has 30 heavy (non-hydrogen) atoms. The molecule has 0 aliphatic carbocycles. The SMILES string of the molecule is COc1ccccc1N1CCN(C(=O)NCc2cccc(OCC(F)(F)F)c2)CC1. The number of para-hydroxylation sites is 2. The number of piperazine rings is 1. The normalized spacial score (nSPS) is 14.4. The van der Waals surface area contributed by atoms with Gasteiger partial charge in [-0.15, -0.1) is 0 Å². The lowest BCUT2D eigenvalue weighted by Crippen LogP contribution is -2.51. The number of carbonyl (C=O) groups excluding carboxylic acids is 1. The standard InChI is InChI=1S/C21H24F3N3O3/c1-29-19-8-3-2-7-18(19)26-9-11-27(12-10-26)20(28)25-14-16-5-4-6-17(13-16)30-15-21(22,23)24/h2-8,13H,9-12,14-15H2,1H3,(H,25,28). The summed E-state index contributed by atoms with van der Waals surface area (Å²) in [5.74, 6) is 0.910. The lowest BCUT2D eigenvalue weighted by molar-refractivity contribution is -0.153. The number of rotatable bonds is 6. The zero-order valence-electron chi connectivity index (χ0n) is 16.6. The van der Waals surface area contributed by atoms with Crippen LogP contribution in [0.25, 0.3) is 0 Å². The molecule has 0 bridgehead atoms. The first-order chi connectivity index (χ1) is 14.4. The van der Waals surface area contributed by atoms with Gasteiger partial charge in [-0.05, 0) is 29.8 Å². The predicted molar refractivity (Wildman–Crippen MR) is 107 cm³/mol. The fourth-order valence-corrected chi connectivity index (χ4v) is 3.24. The number of nitrogens with one attached hydrogen (secondary N) is 1. The lowest BCUT2D eigenvalue weighted by Gasteiger charge is -2.36. The molecule has 162 valence electrons. The molecule has 1 aliphatic rings. The zero-order chi connectivity index (χ0) is 21.6. The van der Waals surface area contributed by atoms with Crippen molar-refractivity contribution in [3.63, 3.8) is 0 Å². The molecule has 2 aromatic carbocycles. The van der Waals surface area contributed by atoms with E-state index in [1.807, 2.05) is 24.3 Å². The summed E-state index contributed by atoms with van der Waals surface area (Å²) in [4.78, 5) is 16.4. The van der Waals surface area contributed by atoms with Crippen molar-refractivity contribution in [2.24, 2.45) is 0 Å². The van der Waals surface area contributed by atoms with Crippen molar-refractivity contribution in [3.8, 4) is 11.5 Å². The van der Waals surface area contributed by atoms with Crippen molar-refractivity contribution in [1.82, 2.24) is 10.2 Å². The largest absolute Gasteiger partial charge is 0.495 e. The van der Waals surface area contributed by atoms with Crippen LogP contribution in [0, 0.1) is 0 Å². The van der Waals surface area contributed by atoms with Gasteiger partial charge < -0.3 is 24.6 Å². The van der Waals surface area contributed by atoms with Crippen LogP contribution < -0.4 is 19.7 Å². The van der Waals surface area contributed by atoms with Crippen molar-refractivity contribution in [1.29, 1.82) is 0 Å². The Morgan fingerprint density at radius 3 is 2.50 bits per heavy atom. The molecular weight excluding hydrogens is 399 g/mol.